The summed E-state index contributed by atoms with van der Waals surface area (Å²) >= 11 is 0. The van der Waals surface area contributed by atoms with Crippen LogP contribution in [-0.4, -0.2) is 21.8 Å². The lowest BCUT2D eigenvalue weighted by molar-refractivity contribution is 0.410. The van der Waals surface area contributed by atoms with Crippen molar-refractivity contribution < 1.29 is 0 Å². The highest BCUT2D eigenvalue weighted by Gasteiger charge is 2.14. The molecule has 0 unspecified atom stereocenters. The molecule has 19 heavy (non-hydrogen) atoms. The van der Waals surface area contributed by atoms with E-state index in [0.717, 1.165) is 11.3 Å². The van der Waals surface area contributed by atoms with E-state index in [1.807, 2.05) is 24.9 Å². The van der Waals surface area contributed by atoms with E-state index in [-0.39, 0.29) is 0 Å². The van der Waals surface area contributed by atoms with Crippen molar-refractivity contribution in [2.45, 2.75) is 51.6 Å². The molecule has 1 aliphatic carbocycles. The molecule has 0 amide bonds. The normalized spacial score (nSPS) is 17.5. The zero-order valence-corrected chi connectivity index (χ0v) is 11.8. The maximum Gasteiger partial charge on any atom is 0.206 e. The van der Waals surface area contributed by atoms with Crippen molar-refractivity contribution in [3.63, 3.8) is 0 Å². The van der Waals surface area contributed by atoms with Gasteiger partial charge in [-0.3, -0.25) is 10.1 Å². The number of nitrogens with two attached hydrogens (primary N) is 1. The van der Waals surface area contributed by atoms with E-state index >= 15 is 0 Å². The highest BCUT2D eigenvalue weighted by atomic mass is 15.3. The van der Waals surface area contributed by atoms with Crippen LogP contribution in [0.15, 0.2) is 11.2 Å². The highest BCUT2D eigenvalue weighted by Crippen LogP contribution is 2.17. The molecule has 2 rings (SSSR count). The second kappa shape index (κ2) is 6.56. The van der Waals surface area contributed by atoms with Gasteiger partial charge in [-0.05, 0) is 19.8 Å². The number of aromatic nitrogens is 2. The van der Waals surface area contributed by atoms with Crippen molar-refractivity contribution in [2.75, 3.05) is 0 Å². The summed E-state index contributed by atoms with van der Waals surface area (Å²) in [4.78, 5) is 4.50. The second-order valence-electron chi connectivity index (χ2n) is 5.17. The molecule has 1 aromatic heterocycles. The summed E-state index contributed by atoms with van der Waals surface area (Å²) in [6.45, 7) is 2.64. The molecular formula is C13H24N6. The van der Waals surface area contributed by atoms with Crippen LogP contribution >= 0.6 is 0 Å². The van der Waals surface area contributed by atoms with Crippen molar-refractivity contribution in [1.82, 2.24) is 20.5 Å². The van der Waals surface area contributed by atoms with Gasteiger partial charge < -0.3 is 5.32 Å². The SMILES string of the molecule is Cc1c(CN=C(NN)NC2CCCCC2)cnn1C. The lowest BCUT2D eigenvalue weighted by Gasteiger charge is -2.24. The fraction of sp³-hybridized carbons (Fsp3) is 0.692. The molecule has 1 aromatic rings. The van der Waals surface area contributed by atoms with Crippen LogP contribution in [0.3, 0.4) is 0 Å². The van der Waals surface area contributed by atoms with Crippen molar-refractivity contribution >= 4 is 5.96 Å². The minimum absolute atomic E-state index is 0.499. The van der Waals surface area contributed by atoms with Crippen molar-refractivity contribution in [3.05, 3.63) is 17.5 Å². The summed E-state index contributed by atoms with van der Waals surface area (Å²) in [5, 5.41) is 7.60. The van der Waals surface area contributed by atoms with E-state index in [4.69, 9.17) is 5.84 Å². The van der Waals surface area contributed by atoms with Gasteiger partial charge in [0, 0.05) is 24.3 Å². The molecule has 0 bridgehead atoms. The fourth-order valence-electron chi connectivity index (χ4n) is 2.44. The maximum atomic E-state index is 5.53. The molecule has 0 spiro atoms. The lowest BCUT2D eigenvalue weighted by atomic mass is 9.96. The van der Waals surface area contributed by atoms with Crippen LogP contribution in [0.5, 0.6) is 0 Å². The molecular weight excluding hydrogens is 240 g/mol. The maximum absolute atomic E-state index is 5.53. The van der Waals surface area contributed by atoms with Crippen LogP contribution in [0.2, 0.25) is 0 Å². The van der Waals surface area contributed by atoms with Crippen LogP contribution in [0.1, 0.15) is 43.4 Å². The summed E-state index contributed by atoms with van der Waals surface area (Å²) in [6.07, 6.45) is 8.18. The Morgan fingerprint density at radius 2 is 2.21 bits per heavy atom. The predicted molar refractivity (Wildman–Crippen MR) is 76.4 cm³/mol. The van der Waals surface area contributed by atoms with Gasteiger partial charge in [-0.1, -0.05) is 19.3 Å². The number of rotatable bonds is 3. The zero-order chi connectivity index (χ0) is 13.7. The summed E-state index contributed by atoms with van der Waals surface area (Å²) in [5.74, 6) is 6.21. The molecule has 1 aliphatic rings. The van der Waals surface area contributed by atoms with Gasteiger partial charge in [0.25, 0.3) is 0 Å². The number of hydrogen-bond acceptors (Lipinski definition) is 3. The minimum atomic E-state index is 0.499. The monoisotopic (exact) mass is 264 g/mol. The third kappa shape index (κ3) is 3.70. The Balaban J connectivity index is 1.92. The quantitative estimate of drug-likeness (QED) is 0.329. The molecule has 106 valence electrons. The molecule has 1 heterocycles. The van der Waals surface area contributed by atoms with Crippen LogP contribution in [0.4, 0.5) is 0 Å². The Bertz CT molecular complexity index is 430. The Hall–Kier alpha value is -1.56. The van der Waals surface area contributed by atoms with Crippen molar-refractivity contribution in [2.24, 2.45) is 17.9 Å². The third-order valence-corrected chi connectivity index (χ3v) is 3.83. The van der Waals surface area contributed by atoms with Gasteiger partial charge in [0.05, 0.1) is 12.7 Å². The Kier molecular flexibility index (Phi) is 4.79. The molecule has 6 nitrogen and oxygen atoms in total. The number of hydrazine groups is 1. The molecule has 0 aliphatic heterocycles. The Labute approximate surface area is 114 Å². The van der Waals surface area contributed by atoms with Crippen LogP contribution in [0.25, 0.3) is 0 Å². The molecule has 6 heteroatoms. The van der Waals surface area contributed by atoms with Crippen molar-refractivity contribution in [1.29, 1.82) is 0 Å². The van der Waals surface area contributed by atoms with Crippen molar-refractivity contribution in [3.8, 4) is 0 Å². The molecule has 1 fully saturated rings. The summed E-state index contributed by atoms with van der Waals surface area (Å²) < 4.78 is 1.86. The molecule has 0 saturated heterocycles. The first-order valence-corrected chi connectivity index (χ1v) is 6.95. The molecule has 0 aromatic carbocycles. The molecule has 1 saturated carbocycles. The van der Waals surface area contributed by atoms with Crippen LogP contribution < -0.4 is 16.6 Å². The van der Waals surface area contributed by atoms with Gasteiger partial charge >= 0.3 is 0 Å². The van der Waals surface area contributed by atoms with E-state index in [1.54, 1.807) is 0 Å². The van der Waals surface area contributed by atoms with E-state index in [9.17, 15) is 0 Å². The standard InChI is InChI=1S/C13H24N6/c1-10-11(9-16-19(10)2)8-15-13(18-14)17-12-6-4-3-5-7-12/h9,12H,3-8,14H2,1-2H3,(H2,15,17,18). The first-order chi connectivity index (χ1) is 9.20. The second-order valence-corrected chi connectivity index (χ2v) is 5.17. The van der Waals surface area contributed by atoms with Gasteiger partial charge in [-0.15, -0.1) is 0 Å². The number of hydrogen-bond donors (Lipinski definition) is 3. The zero-order valence-electron chi connectivity index (χ0n) is 11.8. The number of guanidine groups is 1. The van der Waals surface area contributed by atoms with Crippen LogP contribution in [0, 0.1) is 6.92 Å². The van der Waals surface area contributed by atoms with E-state index in [1.165, 1.54) is 32.1 Å². The first kappa shape index (κ1) is 13.9. The Morgan fingerprint density at radius 1 is 1.47 bits per heavy atom. The molecule has 0 atom stereocenters. The number of nitrogens with zero attached hydrogens (tertiary/aromatic N) is 3. The third-order valence-electron chi connectivity index (χ3n) is 3.83. The highest BCUT2D eigenvalue weighted by molar-refractivity contribution is 5.79. The average molecular weight is 264 g/mol. The summed E-state index contributed by atoms with van der Waals surface area (Å²) in [6, 6.07) is 0.499. The lowest BCUT2D eigenvalue weighted by Crippen LogP contribution is -2.47. The summed E-state index contributed by atoms with van der Waals surface area (Å²) in [5.41, 5.74) is 4.92. The largest absolute Gasteiger partial charge is 0.353 e. The van der Waals surface area contributed by atoms with Gasteiger partial charge in [-0.2, -0.15) is 5.10 Å². The molecule has 4 N–H and O–H groups in total. The predicted octanol–water partition coefficient (Wildman–Crippen LogP) is 0.970. The van der Waals surface area contributed by atoms with E-state index in [0.29, 0.717) is 18.5 Å². The fourth-order valence-corrected chi connectivity index (χ4v) is 2.44. The number of aryl methyl sites for hydroxylation is 1. The van der Waals surface area contributed by atoms with E-state index in [2.05, 4.69) is 20.8 Å². The summed E-state index contributed by atoms with van der Waals surface area (Å²) in [7, 11) is 1.94. The first-order valence-electron chi connectivity index (χ1n) is 6.95. The van der Waals surface area contributed by atoms with Gasteiger partial charge in [0.15, 0.2) is 0 Å². The van der Waals surface area contributed by atoms with Gasteiger partial charge in [-0.25, -0.2) is 10.8 Å². The number of nitrogens with one attached hydrogen (secondary N) is 2. The smallest absolute Gasteiger partial charge is 0.206 e. The minimum Gasteiger partial charge on any atom is -0.353 e. The molecule has 0 radical (unpaired) electrons. The van der Waals surface area contributed by atoms with E-state index < -0.39 is 0 Å². The Morgan fingerprint density at radius 3 is 2.79 bits per heavy atom. The average Bonchev–Trinajstić information content (AvgIpc) is 2.76. The van der Waals surface area contributed by atoms with Gasteiger partial charge in [0.1, 0.15) is 0 Å². The number of aliphatic imine (C=N–C) groups is 1. The topological polar surface area (TPSA) is 80.3 Å². The van der Waals surface area contributed by atoms with Gasteiger partial charge in [0.2, 0.25) is 5.96 Å². The van der Waals surface area contributed by atoms with Crippen LogP contribution in [-0.2, 0) is 13.6 Å².